The fraction of sp³-hybridized carbons (Fsp3) is 0.282. The van der Waals surface area contributed by atoms with Crippen LogP contribution in [0.4, 0.5) is 0 Å². The largest absolute Gasteiger partial charge is 0.484 e. The number of hydrogen-bond donors (Lipinski definition) is 1. The molecule has 8 rings (SSSR count). The van der Waals surface area contributed by atoms with Crippen molar-refractivity contribution in [1.29, 1.82) is 0 Å². The predicted molar refractivity (Wildman–Crippen MR) is 189 cm³/mol. The van der Waals surface area contributed by atoms with Gasteiger partial charge in [-0.1, -0.05) is 60.1 Å². The number of piperidine rings is 1. The summed E-state index contributed by atoms with van der Waals surface area (Å²) in [5.41, 5.74) is 5.29. The van der Waals surface area contributed by atoms with Gasteiger partial charge in [-0.2, -0.15) is 5.10 Å². The van der Waals surface area contributed by atoms with E-state index in [1.165, 1.54) is 5.56 Å². The molecule has 1 fully saturated rings. The molecular weight excluding hydrogens is 663 g/mol. The molecule has 51 heavy (non-hydrogen) atoms. The molecular formula is C39H33N7O4S. The van der Waals surface area contributed by atoms with E-state index in [4.69, 9.17) is 4.74 Å². The first-order valence-electron chi connectivity index (χ1n) is 16.9. The van der Waals surface area contributed by atoms with Crippen molar-refractivity contribution in [3.8, 4) is 29.4 Å². The third-order valence-corrected chi connectivity index (χ3v) is 10.5. The molecule has 0 aliphatic carbocycles. The number of aromatic nitrogens is 5. The molecule has 11 nitrogen and oxygen atoms in total. The second-order valence-electron chi connectivity index (χ2n) is 12.7. The van der Waals surface area contributed by atoms with Gasteiger partial charge in [-0.15, -0.1) is 21.5 Å². The Bertz CT molecular complexity index is 2310. The Morgan fingerprint density at radius 1 is 1.02 bits per heavy atom. The smallest absolute Gasteiger partial charge is 0.255 e. The first-order chi connectivity index (χ1) is 24.9. The summed E-state index contributed by atoms with van der Waals surface area (Å²) < 4.78 is 10.3. The van der Waals surface area contributed by atoms with Crippen LogP contribution in [0.2, 0.25) is 0 Å². The highest BCUT2D eigenvalue weighted by molar-refractivity contribution is 7.13. The number of nitrogens with zero attached hydrogens (tertiary/aromatic N) is 6. The van der Waals surface area contributed by atoms with Gasteiger partial charge in [-0.05, 0) is 43.0 Å². The fourth-order valence-electron chi connectivity index (χ4n) is 6.72. The highest BCUT2D eigenvalue weighted by Gasteiger charge is 2.39. The molecule has 0 spiro atoms. The Morgan fingerprint density at radius 3 is 2.76 bits per heavy atom. The van der Waals surface area contributed by atoms with Gasteiger partial charge in [-0.25, -0.2) is 0 Å². The summed E-state index contributed by atoms with van der Waals surface area (Å²) >= 11 is 1.66. The molecule has 1 atom stereocenters. The molecule has 0 radical (unpaired) electrons. The minimum absolute atomic E-state index is 0.198. The molecule has 5 aromatic rings. The molecule has 2 aromatic carbocycles. The van der Waals surface area contributed by atoms with Crippen LogP contribution < -0.4 is 10.1 Å². The van der Waals surface area contributed by atoms with Crippen molar-refractivity contribution < 1.29 is 19.1 Å². The van der Waals surface area contributed by atoms with Crippen LogP contribution in [0.15, 0.2) is 60.9 Å². The Hall–Kier alpha value is -5.98. The van der Waals surface area contributed by atoms with Gasteiger partial charge in [0.1, 0.15) is 24.2 Å². The zero-order chi connectivity index (χ0) is 34.9. The number of amides is 3. The van der Waals surface area contributed by atoms with E-state index in [-0.39, 0.29) is 18.2 Å². The van der Waals surface area contributed by atoms with Crippen molar-refractivity contribution >= 4 is 29.1 Å². The molecule has 1 saturated heterocycles. The molecule has 3 aliphatic heterocycles. The minimum Gasteiger partial charge on any atom is -0.484 e. The van der Waals surface area contributed by atoms with Gasteiger partial charge in [0.05, 0.1) is 28.1 Å². The Balaban J connectivity index is 0.925. The van der Waals surface area contributed by atoms with E-state index in [0.29, 0.717) is 44.6 Å². The molecule has 3 aromatic heterocycles. The number of nitrogens with one attached hydrogen (secondary N) is 1. The SMILES string of the molecule is Cc1nnc2n1Cc1sc(C#Cc3cnn(CCCC#Cc4cccc5c4CN(C4CCC(=O)NC4=O)C5=O)c3)c(Cc3ccccc3)c1OC2. The summed E-state index contributed by atoms with van der Waals surface area (Å²) in [5.74, 6) is 14.9. The summed E-state index contributed by atoms with van der Waals surface area (Å²) in [5, 5.41) is 15.4. The average Bonchev–Trinajstić information content (AvgIpc) is 3.87. The van der Waals surface area contributed by atoms with Crippen LogP contribution in [-0.4, -0.2) is 53.2 Å². The van der Waals surface area contributed by atoms with E-state index >= 15 is 0 Å². The van der Waals surface area contributed by atoms with Crippen molar-refractivity contribution in [3.05, 3.63) is 116 Å². The molecule has 3 aliphatic rings. The van der Waals surface area contributed by atoms with E-state index in [2.05, 4.69) is 61.0 Å². The third-order valence-electron chi connectivity index (χ3n) is 9.36. The number of unbranched alkanes of at least 4 members (excludes halogenated alkanes) is 1. The number of thiophene rings is 1. The number of ether oxygens (including phenoxy) is 1. The summed E-state index contributed by atoms with van der Waals surface area (Å²) in [6.07, 6.45) is 6.45. The van der Waals surface area contributed by atoms with Crippen molar-refractivity contribution in [1.82, 2.24) is 34.8 Å². The Labute approximate surface area is 298 Å². The maximum atomic E-state index is 13.1. The minimum atomic E-state index is -0.647. The van der Waals surface area contributed by atoms with Crippen LogP contribution in [0.25, 0.3) is 0 Å². The molecule has 0 bridgehead atoms. The lowest BCUT2D eigenvalue weighted by molar-refractivity contribution is -0.136. The van der Waals surface area contributed by atoms with Gasteiger partial charge in [0.25, 0.3) is 5.91 Å². The first kappa shape index (κ1) is 32.2. The molecule has 6 heterocycles. The number of carbonyl (C=O) groups excluding carboxylic acids is 3. The molecule has 1 N–H and O–H groups in total. The standard InChI is InChI=1S/C39H33N7O4S/c1-25-42-43-35-24-50-37-30(19-26-9-4-2-5-10-26)33(51-34(37)23-45(25)35)16-14-27-20-40-44(21-27)18-7-3-6-11-28-12-8-13-29-31(28)22-46(39(29)49)32-15-17-36(47)41-38(32)48/h2,4-5,8-10,12-13,20-21,32H,3,7,15,17-19,22-24H2,1H3,(H,41,47,48). The Morgan fingerprint density at radius 2 is 1.90 bits per heavy atom. The van der Waals surface area contributed by atoms with Gasteiger partial charge >= 0.3 is 0 Å². The second kappa shape index (κ2) is 13.7. The average molecular weight is 696 g/mol. The lowest BCUT2D eigenvalue weighted by Crippen LogP contribution is -2.52. The molecule has 1 unspecified atom stereocenters. The lowest BCUT2D eigenvalue weighted by atomic mass is 10.0. The van der Waals surface area contributed by atoms with Gasteiger partial charge in [0.2, 0.25) is 11.8 Å². The zero-order valence-corrected chi connectivity index (χ0v) is 28.8. The van der Waals surface area contributed by atoms with Crippen LogP contribution in [0.1, 0.15) is 85.3 Å². The number of rotatable bonds is 6. The normalized spacial score (nSPS) is 16.1. The summed E-state index contributed by atoms with van der Waals surface area (Å²) in [7, 11) is 0. The highest BCUT2D eigenvalue weighted by Crippen LogP contribution is 2.39. The monoisotopic (exact) mass is 695 g/mol. The number of aryl methyl sites for hydroxylation is 2. The molecule has 0 saturated carbocycles. The van der Waals surface area contributed by atoms with Crippen molar-refractivity contribution in [2.24, 2.45) is 0 Å². The zero-order valence-electron chi connectivity index (χ0n) is 27.9. The van der Waals surface area contributed by atoms with E-state index in [1.54, 1.807) is 28.5 Å². The van der Waals surface area contributed by atoms with E-state index in [0.717, 1.165) is 62.2 Å². The lowest BCUT2D eigenvalue weighted by Gasteiger charge is -2.29. The number of imide groups is 1. The third kappa shape index (κ3) is 6.54. The molecule has 254 valence electrons. The first-order valence-corrected chi connectivity index (χ1v) is 17.7. The Kier molecular flexibility index (Phi) is 8.68. The maximum absolute atomic E-state index is 13.1. The van der Waals surface area contributed by atoms with Crippen molar-refractivity contribution in [2.45, 2.75) is 71.3 Å². The van der Waals surface area contributed by atoms with Crippen LogP contribution in [-0.2, 0) is 42.3 Å². The van der Waals surface area contributed by atoms with Gasteiger partial charge < -0.3 is 14.2 Å². The van der Waals surface area contributed by atoms with E-state index < -0.39 is 11.9 Å². The number of benzene rings is 2. The molecule has 12 heteroatoms. The maximum Gasteiger partial charge on any atom is 0.255 e. The van der Waals surface area contributed by atoms with Gasteiger partial charge in [0, 0.05) is 55.2 Å². The number of fused-ring (bicyclic) bond motifs is 3. The highest BCUT2D eigenvalue weighted by atomic mass is 32.1. The van der Waals surface area contributed by atoms with E-state index in [9.17, 15) is 14.4 Å². The van der Waals surface area contributed by atoms with Gasteiger partial charge in [0.15, 0.2) is 5.82 Å². The second-order valence-corrected chi connectivity index (χ2v) is 13.8. The van der Waals surface area contributed by atoms with Crippen LogP contribution >= 0.6 is 11.3 Å². The summed E-state index contributed by atoms with van der Waals surface area (Å²) in [6.45, 7) is 3.98. The number of carbonyl (C=O) groups is 3. The van der Waals surface area contributed by atoms with Crippen LogP contribution in [0, 0.1) is 30.6 Å². The predicted octanol–water partition coefficient (Wildman–Crippen LogP) is 4.37. The van der Waals surface area contributed by atoms with E-state index in [1.807, 2.05) is 48.1 Å². The quantitative estimate of drug-likeness (QED) is 0.159. The summed E-state index contributed by atoms with van der Waals surface area (Å²) in [6, 6.07) is 15.2. The van der Waals surface area contributed by atoms with Crippen LogP contribution in [0.5, 0.6) is 5.75 Å². The number of hydrogen-bond acceptors (Lipinski definition) is 8. The fourth-order valence-corrected chi connectivity index (χ4v) is 7.83. The van der Waals surface area contributed by atoms with Gasteiger partial charge in [-0.3, -0.25) is 24.4 Å². The van der Waals surface area contributed by atoms with Crippen molar-refractivity contribution in [2.75, 3.05) is 0 Å². The summed E-state index contributed by atoms with van der Waals surface area (Å²) in [4.78, 5) is 40.8. The van der Waals surface area contributed by atoms with Crippen LogP contribution in [0.3, 0.4) is 0 Å². The topological polar surface area (TPSA) is 124 Å². The van der Waals surface area contributed by atoms with Crippen molar-refractivity contribution in [3.63, 3.8) is 0 Å². The molecule has 3 amide bonds.